The Balaban J connectivity index is 1.67. The van der Waals surface area contributed by atoms with Gasteiger partial charge < -0.3 is 15.1 Å². The molecule has 2 rings (SSSR count). The fraction of sp³-hybridized carbons (Fsp3) is 1.00. The van der Waals surface area contributed by atoms with Crippen LogP contribution in [-0.4, -0.2) is 61.7 Å². The number of nitrogens with one attached hydrogen (secondary N) is 1. The summed E-state index contributed by atoms with van der Waals surface area (Å²) < 4.78 is 0. The minimum Gasteiger partial charge on any atom is -0.313 e. The third-order valence-electron chi connectivity index (χ3n) is 4.36. The van der Waals surface area contributed by atoms with Crippen molar-refractivity contribution >= 4 is 0 Å². The molecule has 2 aliphatic heterocycles. The molecule has 18 heavy (non-hydrogen) atoms. The number of hydrogen-bond acceptors (Lipinski definition) is 3. The van der Waals surface area contributed by atoms with E-state index < -0.39 is 0 Å². The molecular formula is C15H31N3. The second-order valence-corrected chi connectivity index (χ2v) is 6.00. The summed E-state index contributed by atoms with van der Waals surface area (Å²) in [5.41, 5.74) is 0. The smallest absolute Gasteiger partial charge is 0.0195 e. The molecule has 2 saturated heterocycles. The largest absolute Gasteiger partial charge is 0.313 e. The SMILES string of the molecule is CCCN(CCN1CCCCC1)CC1CCCN1. The summed E-state index contributed by atoms with van der Waals surface area (Å²) in [6, 6.07) is 0.762. The van der Waals surface area contributed by atoms with E-state index in [1.807, 2.05) is 0 Å². The van der Waals surface area contributed by atoms with E-state index in [1.165, 1.54) is 84.3 Å². The molecule has 1 unspecified atom stereocenters. The van der Waals surface area contributed by atoms with Gasteiger partial charge in [0.25, 0.3) is 0 Å². The number of hydrogen-bond donors (Lipinski definition) is 1. The normalized spacial score (nSPS) is 26.0. The van der Waals surface area contributed by atoms with E-state index in [4.69, 9.17) is 0 Å². The summed E-state index contributed by atoms with van der Waals surface area (Å²) >= 11 is 0. The fourth-order valence-electron chi connectivity index (χ4n) is 3.30. The maximum atomic E-state index is 3.63. The molecule has 0 amide bonds. The van der Waals surface area contributed by atoms with Gasteiger partial charge in [-0.2, -0.15) is 0 Å². The number of nitrogens with zero attached hydrogens (tertiary/aromatic N) is 2. The topological polar surface area (TPSA) is 18.5 Å². The van der Waals surface area contributed by atoms with Gasteiger partial charge in [0.1, 0.15) is 0 Å². The molecule has 2 fully saturated rings. The Morgan fingerprint density at radius 3 is 2.61 bits per heavy atom. The summed E-state index contributed by atoms with van der Waals surface area (Å²) in [6.45, 7) is 11.3. The van der Waals surface area contributed by atoms with E-state index in [1.54, 1.807) is 0 Å². The van der Waals surface area contributed by atoms with Crippen molar-refractivity contribution in [2.45, 2.75) is 51.5 Å². The Labute approximate surface area is 113 Å². The first-order valence-corrected chi connectivity index (χ1v) is 8.06. The zero-order valence-corrected chi connectivity index (χ0v) is 12.2. The summed E-state index contributed by atoms with van der Waals surface area (Å²) in [4.78, 5) is 5.34. The van der Waals surface area contributed by atoms with Gasteiger partial charge in [-0.3, -0.25) is 0 Å². The third-order valence-corrected chi connectivity index (χ3v) is 4.36. The maximum absolute atomic E-state index is 3.63. The van der Waals surface area contributed by atoms with Crippen LogP contribution >= 0.6 is 0 Å². The molecule has 0 aromatic rings. The van der Waals surface area contributed by atoms with Gasteiger partial charge >= 0.3 is 0 Å². The number of rotatable bonds is 7. The van der Waals surface area contributed by atoms with E-state index >= 15 is 0 Å². The lowest BCUT2D eigenvalue weighted by atomic mass is 10.1. The van der Waals surface area contributed by atoms with Crippen molar-refractivity contribution in [2.75, 3.05) is 45.8 Å². The van der Waals surface area contributed by atoms with E-state index in [-0.39, 0.29) is 0 Å². The van der Waals surface area contributed by atoms with Crippen LogP contribution in [0.2, 0.25) is 0 Å². The zero-order chi connectivity index (χ0) is 12.6. The molecular weight excluding hydrogens is 222 g/mol. The molecule has 3 nitrogen and oxygen atoms in total. The fourth-order valence-corrected chi connectivity index (χ4v) is 3.30. The van der Waals surface area contributed by atoms with Crippen molar-refractivity contribution in [3.8, 4) is 0 Å². The van der Waals surface area contributed by atoms with Crippen LogP contribution in [0.15, 0.2) is 0 Å². The van der Waals surface area contributed by atoms with Crippen LogP contribution in [0.5, 0.6) is 0 Å². The predicted octanol–water partition coefficient (Wildman–Crippen LogP) is 1.94. The molecule has 0 aromatic heterocycles. The van der Waals surface area contributed by atoms with Crippen molar-refractivity contribution in [1.82, 2.24) is 15.1 Å². The zero-order valence-electron chi connectivity index (χ0n) is 12.2. The first-order chi connectivity index (χ1) is 8.88. The first-order valence-electron chi connectivity index (χ1n) is 8.06. The molecule has 0 saturated carbocycles. The van der Waals surface area contributed by atoms with Gasteiger partial charge in [-0.15, -0.1) is 0 Å². The highest BCUT2D eigenvalue weighted by Gasteiger charge is 2.18. The highest BCUT2D eigenvalue weighted by atomic mass is 15.2. The molecule has 2 aliphatic rings. The average Bonchev–Trinajstić information content (AvgIpc) is 2.90. The van der Waals surface area contributed by atoms with Crippen molar-refractivity contribution < 1.29 is 0 Å². The lowest BCUT2D eigenvalue weighted by Gasteiger charge is -2.31. The van der Waals surface area contributed by atoms with Gasteiger partial charge in [0.05, 0.1) is 0 Å². The van der Waals surface area contributed by atoms with Gasteiger partial charge in [-0.1, -0.05) is 13.3 Å². The summed E-state index contributed by atoms with van der Waals surface area (Å²) in [7, 11) is 0. The third kappa shape index (κ3) is 4.87. The number of piperidine rings is 1. The van der Waals surface area contributed by atoms with E-state index in [0.717, 1.165) is 6.04 Å². The average molecular weight is 253 g/mol. The Morgan fingerprint density at radius 1 is 1.11 bits per heavy atom. The van der Waals surface area contributed by atoms with Crippen molar-refractivity contribution in [3.05, 3.63) is 0 Å². The highest BCUT2D eigenvalue weighted by Crippen LogP contribution is 2.10. The lowest BCUT2D eigenvalue weighted by Crippen LogP contribution is -2.43. The van der Waals surface area contributed by atoms with Gasteiger partial charge in [0.2, 0.25) is 0 Å². The Bertz CT molecular complexity index is 208. The number of likely N-dealkylation sites (tertiary alicyclic amines) is 1. The first kappa shape index (κ1) is 14.3. The molecule has 1 atom stereocenters. The van der Waals surface area contributed by atoms with Crippen LogP contribution in [0.4, 0.5) is 0 Å². The quantitative estimate of drug-likeness (QED) is 0.748. The van der Waals surface area contributed by atoms with Gasteiger partial charge in [-0.25, -0.2) is 0 Å². The monoisotopic (exact) mass is 253 g/mol. The van der Waals surface area contributed by atoms with Crippen LogP contribution in [-0.2, 0) is 0 Å². The molecule has 0 aromatic carbocycles. The standard InChI is InChI=1S/C15H31N3/c1-2-9-18(14-15-7-6-8-16-15)13-12-17-10-4-3-5-11-17/h15-16H,2-14H2,1H3. The Kier molecular flexibility index (Phi) is 6.46. The van der Waals surface area contributed by atoms with E-state index in [9.17, 15) is 0 Å². The van der Waals surface area contributed by atoms with Crippen LogP contribution in [0.1, 0.15) is 45.4 Å². The summed E-state index contributed by atoms with van der Waals surface area (Å²) in [5.74, 6) is 0. The van der Waals surface area contributed by atoms with Crippen molar-refractivity contribution in [2.24, 2.45) is 0 Å². The molecule has 0 radical (unpaired) electrons. The molecule has 0 aliphatic carbocycles. The molecule has 106 valence electrons. The molecule has 0 spiro atoms. The molecule has 3 heteroatoms. The second kappa shape index (κ2) is 8.13. The highest BCUT2D eigenvalue weighted by molar-refractivity contribution is 4.78. The predicted molar refractivity (Wildman–Crippen MR) is 78.0 cm³/mol. The van der Waals surface area contributed by atoms with Crippen LogP contribution < -0.4 is 5.32 Å². The molecule has 2 heterocycles. The molecule has 0 bridgehead atoms. The van der Waals surface area contributed by atoms with Crippen LogP contribution in [0, 0.1) is 0 Å². The van der Waals surface area contributed by atoms with Crippen molar-refractivity contribution in [1.29, 1.82) is 0 Å². The maximum Gasteiger partial charge on any atom is 0.0195 e. The van der Waals surface area contributed by atoms with E-state index in [2.05, 4.69) is 22.0 Å². The van der Waals surface area contributed by atoms with Crippen molar-refractivity contribution in [3.63, 3.8) is 0 Å². The van der Waals surface area contributed by atoms with Gasteiger partial charge in [-0.05, 0) is 58.3 Å². The van der Waals surface area contributed by atoms with Gasteiger partial charge in [0.15, 0.2) is 0 Å². The Morgan fingerprint density at radius 2 is 1.94 bits per heavy atom. The van der Waals surface area contributed by atoms with E-state index in [0.29, 0.717) is 0 Å². The minimum absolute atomic E-state index is 0.762. The van der Waals surface area contributed by atoms with Crippen LogP contribution in [0.25, 0.3) is 0 Å². The molecule has 1 N–H and O–H groups in total. The Hall–Kier alpha value is -0.120. The second-order valence-electron chi connectivity index (χ2n) is 6.00. The lowest BCUT2D eigenvalue weighted by molar-refractivity contribution is 0.174. The summed E-state index contributed by atoms with van der Waals surface area (Å²) in [6.07, 6.45) is 8.31. The summed E-state index contributed by atoms with van der Waals surface area (Å²) in [5, 5.41) is 3.63. The van der Waals surface area contributed by atoms with Crippen LogP contribution in [0.3, 0.4) is 0 Å². The minimum atomic E-state index is 0.762. The van der Waals surface area contributed by atoms with Gasteiger partial charge in [0, 0.05) is 25.7 Å².